The Labute approximate surface area is 790 Å². The number of hydrogen-bond acceptors (Lipinski definition) is 0. The lowest BCUT2D eigenvalue weighted by Gasteiger charge is -2.23. The highest BCUT2D eigenvalue weighted by Crippen LogP contribution is 2.53. The van der Waals surface area contributed by atoms with Gasteiger partial charge in [-0.1, -0.05) is 494 Å². The van der Waals surface area contributed by atoms with Crippen molar-refractivity contribution < 1.29 is 0 Å². The molecule has 0 nitrogen and oxygen atoms in total. The zero-order valence-electron chi connectivity index (χ0n) is 75.9. The summed E-state index contributed by atoms with van der Waals surface area (Å²) < 4.78 is 0. The molecule has 0 aromatic heterocycles. The maximum Gasteiger partial charge on any atom is -0.00141 e. The van der Waals surface area contributed by atoms with Crippen LogP contribution in [0.1, 0.15) is 26.3 Å². The highest BCUT2D eigenvalue weighted by atomic mass is 14.3. The van der Waals surface area contributed by atoms with Gasteiger partial charge in [-0.2, -0.15) is 0 Å². The van der Waals surface area contributed by atoms with Gasteiger partial charge < -0.3 is 0 Å². The van der Waals surface area contributed by atoms with Gasteiger partial charge in [0.15, 0.2) is 0 Å². The first-order valence-corrected chi connectivity index (χ1v) is 47.5. The topological polar surface area (TPSA) is 0 Å². The molecule has 29 rings (SSSR count). The van der Waals surface area contributed by atoms with E-state index < -0.39 is 0 Å². The van der Waals surface area contributed by atoms with Crippen molar-refractivity contribution in [2.24, 2.45) is 0 Å². The van der Waals surface area contributed by atoms with Crippen molar-refractivity contribution in [2.45, 2.75) is 26.2 Å². The summed E-state index contributed by atoms with van der Waals surface area (Å²) in [6.07, 6.45) is 0. The molecule has 0 saturated carbocycles. The quantitative estimate of drug-likeness (QED) is 0.119. The molecule has 0 heterocycles. The van der Waals surface area contributed by atoms with E-state index in [9.17, 15) is 0 Å². The summed E-state index contributed by atoms with van der Waals surface area (Å²) in [6.45, 7) is 6.90. The molecule has 0 aliphatic heterocycles. The Morgan fingerprint density at radius 1 is 0.110 bits per heavy atom. The van der Waals surface area contributed by atoms with Gasteiger partial charge in [0.2, 0.25) is 0 Å². The summed E-state index contributed by atoms with van der Waals surface area (Å²) in [5, 5.41) is 45.0. The Morgan fingerprint density at radius 3 is 1.04 bits per heavy atom. The molecule has 28 aromatic carbocycles. The van der Waals surface area contributed by atoms with Crippen LogP contribution >= 0.6 is 0 Å². The third-order valence-corrected chi connectivity index (χ3v) is 28.6. The number of hydrogen-bond donors (Lipinski definition) is 0. The Morgan fingerprint density at radius 2 is 0.434 bits per heavy atom. The average molecular weight is 1730 g/mol. The molecular weight excluding hydrogens is 1630 g/mol. The smallest absolute Gasteiger partial charge is 0.00141 e. The molecule has 0 fully saturated rings. The van der Waals surface area contributed by atoms with Crippen molar-refractivity contribution in [2.75, 3.05) is 0 Å². The second kappa shape index (κ2) is 33.6. The Hall–Kier alpha value is -17.2. The first kappa shape index (κ1) is 80.9. The molecule has 0 saturated heterocycles. The van der Waals surface area contributed by atoms with Crippen LogP contribution in [0.25, 0.3) is 261 Å². The molecule has 0 amide bonds. The molecule has 0 unspecified atom stereocenters. The van der Waals surface area contributed by atoms with E-state index in [1.165, 1.54) is 267 Å². The van der Waals surface area contributed by atoms with Crippen LogP contribution in [0.4, 0.5) is 0 Å². The third-order valence-electron chi connectivity index (χ3n) is 28.6. The summed E-state index contributed by atoms with van der Waals surface area (Å²) in [6, 6.07) is 183. The molecule has 1 aliphatic carbocycles. The van der Waals surface area contributed by atoms with Crippen molar-refractivity contribution >= 4 is 183 Å². The molecule has 636 valence electrons. The van der Waals surface area contributed by atoms with E-state index in [2.05, 4.69) is 524 Å². The zero-order chi connectivity index (χ0) is 90.5. The summed E-state index contributed by atoms with van der Waals surface area (Å²) in [5.41, 5.74) is 19.8. The maximum absolute atomic E-state index is 2.43. The van der Waals surface area contributed by atoms with E-state index in [0.29, 0.717) is 0 Å². The van der Waals surface area contributed by atoms with Crippen molar-refractivity contribution in [3.63, 3.8) is 0 Å². The normalized spacial score (nSPS) is 11.8. The minimum Gasteiger partial charge on any atom is -0.0622 e. The summed E-state index contributed by atoms with van der Waals surface area (Å²) in [5.74, 6) is 0. The molecule has 0 radical (unpaired) electrons. The van der Waals surface area contributed by atoms with Crippen LogP contribution in [0.15, 0.2) is 504 Å². The van der Waals surface area contributed by atoms with Crippen LogP contribution in [0.3, 0.4) is 0 Å². The third kappa shape index (κ3) is 14.0. The monoisotopic (exact) mass is 1720 g/mol. The van der Waals surface area contributed by atoms with Crippen molar-refractivity contribution in [1.82, 2.24) is 0 Å². The van der Waals surface area contributed by atoms with Crippen molar-refractivity contribution in [3.05, 3.63) is 509 Å². The van der Waals surface area contributed by atoms with E-state index in [4.69, 9.17) is 0 Å². The average Bonchev–Trinajstić information content (AvgIpc) is 0.992. The van der Waals surface area contributed by atoms with Crippen molar-refractivity contribution in [1.29, 1.82) is 0 Å². The zero-order valence-corrected chi connectivity index (χ0v) is 75.9. The highest BCUT2D eigenvalue weighted by molar-refractivity contribution is 6.37. The molecule has 0 spiro atoms. The summed E-state index contributed by atoms with van der Waals surface area (Å²) in [7, 11) is 0. The molecule has 0 atom stereocenters. The first-order chi connectivity index (χ1) is 67.1. The van der Waals surface area contributed by atoms with Gasteiger partial charge in [-0.05, 0) is 302 Å². The molecule has 0 N–H and O–H groups in total. The highest BCUT2D eigenvalue weighted by Gasteiger charge is 2.26. The predicted octanol–water partition coefficient (Wildman–Crippen LogP) is 38.8. The van der Waals surface area contributed by atoms with Gasteiger partial charge in [0.05, 0.1) is 0 Å². The lowest BCUT2D eigenvalue weighted by atomic mass is 9.81. The second-order valence-electron chi connectivity index (χ2n) is 37.4. The lowest BCUT2D eigenvalue weighted by molar-refractivity contribution is 0.592. The number of benzene rings is 28. The minimum absolute atomic E-state index is 0.112. The fourth-order valence-corrected chi connectivity index (χ4v) is 22.3. The van der Waals surface area contributed by atoms with Crippen LogP contribution in [-0.2, 0) is 5.41 Å². The van der Waals surface area contributed by atoms with Gasteiger partial charge in [0.25, 0.3) is 0 Å². The second-order valence-corrected chi connectivity index (χ2v) is 37.4. The molecule has 28 aromatic rings. The number of fused-ring (bicyclic) bond motifs is 25. The van der Waals surface area contributed by atoms with Crippen LogP contribution < -0.4 is 0 Å². The molecular formula is C136H92. The van der Waals surface area contributed by atoms with Crippen LogP contribution in [0.5, 0.6) is 0 Å². The summed E-state index contributed by atoms with van der Waals surface area (Å²) in [4.78, 5) is 0. The Balaban J connectivity index is 0.0000000907. The van der Waals surface area contributed by atoms with E-state index >= 15 is 0 Å². The Bertz CT molecular complexity index is 9620. The fourth-order valence-electron chi connectivity index (χ4n) is 22.3. The van der Waals surface area contributed by atoms with Gasteiger partial charge in [0.1, 0.15) is 0 Å². The van der Waals surface area contributed by atoms with E-state index in [-0.39, 0.29) is 5.41 Å². The largest absolute Gasteiger partial charge is 0.0622 e. The Kier molecular flexibility index (Phi) is 20.0. The molecule has 0 heteroatoms. The number of rotatable bonds is 5. The standard InChI is InChI=1S/C30H24.2C28H18.C26H16.C24H16/c1-30(2,3)22-17-21-14-13-20-15-16-23(19-9-5-4-6-10-19)29-25-12-8-7-11-24(25)26(18-22)27(21)28(20)29;1-4-12-22-19(8-1)11-7-15-25(22)27-18-21-10-3-5-13-23(21)26-17-16-20-9-2-6-14-24(20)28(26)27;1-2-9-21-17-23(14-13-19(21)7-1)27-18-22-10-4-5-11-24(22)26-16-15-20-8-3-6-12-25(20)28(26)27;1-2-8-17(9-3-1)19-13-6-10-18-16-24-21-12-5-4-11-20(21)22-14-7-15-23(25(18)19)26(22)24;1-2-7-17(8-3-1)21-12-6-10-19-14-15-22-20-11-5-4-9-18(20)13-16-23(22)24(19)21/h4-18H,1-3H3;2*1-18H;1-16H;1-16H. The van der Waals surface area contributed by atoms with Crippen LogP contribution in [0.2, 0.25) is 0 Å². The van der Waals surface area contributed by atoms with Gasteiger partial charge in [-0.3, -0.25) is 0 Å². The predicted molar refractivity (Wildman–Crippen MR) is 591 cm³/mol. The lowest BCUT2D eigenvalue weighted by Crippen LogP contribution is -2.11. The van der Waals surface area contributed by atoms with Gasteiger partial charge in [0, 0.05) is 0 Å². The van der Waals surface area contributed by atoms with Gasteiger partial charge in [-0.25, -0.2) is 0 Å². The van der Waals surface area contributed by atoms with Crippen molar-refractivity contribution in [3.8, 4) is 77.9 Å². The van der Waals surface area contributed by atoms with E-state index in [1.807, 2.05) is 0 Å². The summed E-state index contributed by atoms with van der Waals surface area (Å²) >= 11 is 0. The van der Waals surface area contributed by atoms with Gasteiger partial charge in [-0.15, -0.1) is 0 Å². The minimum atomic E-state index is 0.112. The van der Waals surface area contributed by atoms with Crippen LogP contribution in [-0.4, -0.2) is 0 Å². The van der Waals surface area contributed by atoms with Crippen LogP contribution in [0, 0.1) is 0 Å². The first-order valence-electron chi connectivity index (χ1n) is 47.5. The van der Waals surface area contributed by atoms with E-state index in [0.717, 1.165) is 0 Å². The van der Waals surface area contributed by atoms with Gasteiger partial charge >= 0.3 is 0 Å². The molecule has 1 aliphatic rings. The fraction of sp³-hybridized carbons (Fsp3) is 0.0294. The maximum atomic E-state index is 2.43. The van der Waals surface area contributed by atoms with E-state index in [1.54, 1.807) is 0 Å². The SMILES string of the molecule is CC(C)(C)c1cc2ccc3ccc(-c4ccccc4)c4c5ccccc5c(c1)c2c34.c1ccc(-c2cccc3cc4c5c(cccc5c23)-c2ccccc2-4)cc1.c1ccc(-c2cccc3ccc4c5ccccc5ccc4c23)cc1.c1ccc2c(-c3cc4ccccc4c4ccc5ccccc5c34)cccc2c1.c1ccc2cc(-c3cc4ccccc4c4ccc5ccccc5c34)ccc2c1. The molecule has 136 heavy (non-hydrogen) atoms. The molecule has 0 bridgehead atoms.